The van der Waals surface area contributed by atoms with Crippen LogP contribution in [0.1, 0.15) is 11.1 Å². The molecule has 112 valence electrons. The molecule has 0 radical (unpaired) electrons. The van der Waals surface area contributed by atoms with Crippen molar-refractivity contribution in [1.29, 1.82) is 0 Å². The van der Waals surface area contributed by atoms with Crippen LogP contribution in [0.4, 0.5) is 32.0 Å². The zero-order valence-corrected chi connectivity index (χ0v) is 10.4. The van der Waals surface area contributed by atoms with Crippen molar-refractivity contribution in [2.24, 2.45) is 0 Å². The highest BCUT2D eigenvalue weighted by Crippen LogP contribution is 2.32. The van der Waals surface area contributed by atoms with Crippen LogP contribution < -0.4 is 5.32 Å². The Labute approximate surface area is 116 Å². The van der Waals surface area contributed by atoms with E-state index in [1.54, 1.807) is 0 Å². The van der Waals surface area contributed by atoms with Crippen molar-refractivity contribution in [1.82, 2.24) is 0 Å². The van der Waals surface area contributed by atoms with Gasteiger partial charge in [0.05, 0.1) is 11.3 Å². The van der Waals surface area contributed by atoms with E-state index in [1.807, 2.05) is 0 Å². The van der Waals surface area contributed by atoms with Gasteiger partial charge in [-0.3, -0.25) is 0 Å². The summed E-state index contributed by atoms with van der Waals surface area (Å²) < 4.78 is 77.7. The maximum absolute atomic E-state index is 13.4. The predicted molar refractivity (Wildman–Crippen MR) is 65.1 cm³/mol. The fraction of sp³-hybridized carbons (Fsp3) is 0.143. The second kappa shape index (κ2) is 5.67. The summed E-state index contributed by atoms with van der Waals surface area (Å²) in [6, 6.07) is 4.94. The highest BCUT2D eigenvalue weighted by atomic mass is 19.4. The zero-order chi connectivity index (χ0) is 15.6. The normalized spacial score (nSPS) is 11.5. The number of anilines is 1. The summed E-state index contributed by atoms with van der Waals surface area (Å²) in [7, 11) is 0. The molecule has 0 atom stereocenters. The van der Waals surface area contributed by atoms with Crippen molar-refractivity contribution in [2.75, 3.05) is 5.32 Å². The van der Waals surface area contributed by atoms with Crippen molar-refractivity contribution < 1.29 is 26.3 Å². The molecule has 0 aromatic heterocycles. The SMILES string of the molecule is Fc1ccc(C(F)(F)F)cc1NCc1c(F)cccc1F. The maximum Gasteiger partial charge on any atom is 0.416 e. The smallest absolute Gasteiger partial charge is 0.378 e. The standard InChI is InChI=1S/C14H9F6N/c15-10-2-1-3-11(16)9(10)7-21-13-6-8(14(18,19)20)4-5-12(13)17/h1-6,21H,7H2. The van der Waals surface area contributed by atoms with Crippen molar-refractivity contribution >= 4 is 5.69 Å². The van der Waals surface area contributed by atoms with Crippen LogP contribution in [0.3, 0.4) is 0 Å². The van der Waals surface area contributed by atoms with Crippen LogP contribution in [0.25, 0.3) is 0 Å². The third-order valence-corrected chi connectivity index (χ3v) is 2.81. The minimum atomic E-state index is -4.63. The van der Waals surface area contributed by atoms with E-state index in [-0.39, 0.29) is 5.56 Å². The quantitative estimate of drug-likeness (QED) is 0.808. The Kier molecular flexibility index (Phi) is 4.11. The van der Waals surface area contributed by atoms with Gasteiger partial charge >= 0.3 is 6.18 Å². The molecule has 21 heavy (non-hydrogen) atoms. The summed E-state index contributed by atoms with van der Waals surface area (Å²) in [5, 5.41) is 2.27. The summed E-state index contributed by atoms with van der Waals surface area (Å²) in [6.45, 7) is -0.475. The summed E-state index contributed by atoms with van der Waals surface area (Å²) in [6.07, 6.45) is -4.63. The number of halogens is 6. The largest absolute Gasteiger partial charge is 0.416 e. The van der Waals surface area contributed by atoms with Crippen LogP contribution in [0.2, 0.25) is 0 Å². The Morgan fingerprint density at radius 1 is 0.857 bits per heavy atom. The molecule has 0 fully saturated rings. The van der Waals surface area contributed by atoms with Gasteiger partial charge in [-0.25, -0.2) is 13.2 Å². The minimum absolute atomic E-state index is 0.380. The van der Waals surface area contributed by atoms with Crippen LogP contribution in [0.5, 0.6) is 0 Å². The second-order valence-electron chi connectivity index (χ2n) is 4.25. The molecule has 2 aromatic rings. The zero-order valence-electron chi connectivity index (χ0n) is 10.4. The molecular formula is C14H9F6N. The van der Waals surface area contributed by atoms with Crippen LogP contribution in [-0.2, 0) is 12.7 Å². The number of hydrogen-bond acceptors (Lipinski definition) is 1. The lowest BCUT2D eigenvalue weighted by atomic mass is 10.1. The number of benzene rings is 2. The first-order chi connectivity index (χ1) is 9.79. The van der Waals surface area contributed by atoms with E-state index in [4.69, 9.17) is 0 Å². The fourth-order valence-corrected chi connectivity index (χ4v) is 1.72. The lowest BCUT2D eigenvalue weighted by molar-refractivity contribution is -0.137. The average molecular weight is 305 g/mol. The first-order valence-electron chi connectivity index (χ1n) is 5.82. The molecule has 2 rings (SSSR count). The summed E-state index contributed by atoms with van der Waals surface area (Å²) in [5.74, 6) is -2.68. The molecule has 0 bridgehead atoms. The van der Waals surface area contributed by atoms with Gasteiger partial charge in [-0.1, -0.05) is 6.07 Å². The van der Waals surface area contributed by atoms with Gasteiger partial charge in [0.1, 0.15) is 17.5 Å². The molecule has 0 aliphatic heterocycles. The molecule has 0 heterocycles. The molecule has 0 amide bonds. The van der Waals surface area contributed by atoms with E-state index in [2.05, 4.69) is 5.32 Å². The van der Waals surface area contributed by atoms with Crippen LogP contribution in [0.15, 0.2) is 36.4 Å². The summed E-state index contributed by atoms with van der Waals surface area (Å²) in [5.41, 5.74) is -1.91. The van der Waals surface area contributed by atoms with Gasteiger partial charge in [0, 0.05) is 12.1 Å². The van der Waals surface area contributed by atoms with Gasteiger partial charge in [0.25, 0.3) is 0 Å². The van der Waals surface area contributed by atoms with Crippen molar-refractivity contribution in [2.45, 2.75) is 12.7 Å². The Morgan fingerprint density at radius 3 is 2.05 bits per heavy atom. The molecule has 0 saturated carbocycles. The van der Waals surface area contributed by atoms with Gasteiger partial charge in [0.15, 0.2) is 0 Å². The first kappa shape index (κ1) is 15.2. The molecule has 0 unspecified atom stereocenters. The Morgan fingerprint density at radius 2 is 1.48 bits per heavy atom. The molecule has 0 saturated heterocycles. The predicted octanol–water partition coefficient (Wildman–Crippen LogP) is 4.73. The topological polar surface area (TPSA) is 12.0 Å². The van der Waals surface area contributed by atoms with E-state index in [0.29, 0.717) is 18.2 Å². The van der Waals surface area contributed by atoms with E-state index >= 15 is 0 Å². The first-order valence-corrected chi connectivity index (χ1v) is 5.82. The van der Waals surface area contributed by atoms with E-state index in [0.717, 1.165) is 18.2 Å². The molecule has 0 aliphatic rings. The lowest BCUT2D eigenvalue weighted by Crippen LogP contribution is -2.09. The van der Waals surface area contributed by atoms with E-state index in [9.17, 15) is 26.3 Å². The van der Waals surface area contributed by atoms with Gasteiger partial charge < -0.3 is 5.32 Å². The lowest BCUT2D eigenvalue weighted by Gasteiger charge is -2.12. The fourth-order valence-electron chi connectivity index (χ4n) is 1.72. The van der Waals surface area contributed by atoms with Gasteiger partial charge in [0.2, 0.25) is 0 Å². The second-order valence-corrected chi connectivity index (χ2v) is 4.25. The van der Waals surface area contributed by atoms with Crippen LogP contribution in [-0.4, -0.2) is 0 Å². The molecular weight excluding hydrogens is 296 g/mol. The number of rotatable bonds is 3. The molecule has 7 heteroatoms. The third-order valence-electron chi connectivity index (χ3n) is 2.81. The Balaban J connectivity index is 2.24. The molecule has 0 spiro atoms. The van der Waals surface area contributed by atoms with E-state index in [1.165, 1.54) is 0 Å². The number of alkyl halides is 3. The molecule has 1 N–H and O–H groups in total. The summed E-state index contributed by atoms with van der Waals surface area (Å²) in [4.78, 5) is 0. The highest BCUT2D eigenvalue weighted by Gasteiger charge is 2.31. The Hall–Kier alpha value is -2.18. The van der Waals surface area contributed by atoms with Crippen molar-refractivity contribution in [3.63, 3.8) is 0 Å². The van der Waals surface area contributed by atoms with Gasteiger partial charge in [-0.2, -0.15) is 13.2 Å². The van der Waals surface area contributed by atoms with Gasteiger partial charge in [-0.05, 0) is 30.3 Å². The third kappa shape index (κ3) is 3.48. The molecule has 0 aliphatic carbocycles. The Bertz CT molecular complexity index is 630. The van der Waals surface area contributed by atoms with Crippen molar-refractivity contribution in [3.05, 3.63) is 65.0 Å². The highest BCUT2D eigenvalue weighted by molar-refractivity contribution is 5.48. The summed E-state index contributed by atoms with van der Waals surface area (Å²) >= 11 is 0. The molecule has 2 aromatic carbocycles. The van der Waals surface area contributed by atoms with Gasteiger partial charge in [-0.15, -0.1) is 0 Å². The van der Waals surface area contributed by atoms with Crippen LogP contribution >= 0.6 is 0 Å². The minimum Gasteiger partial charge on any atom is -0.378 e. The van der Waals surface area contributed by atoms with E-state index < -0.39 is 41.4 Å². The van der Waals surface area contributed by atoms with Crippen molar-refractivity contribution in [3.8, 4) is 0 Å². The van der Waals surface area contributed by atoms with Crippen LogP contribution in [0, 0.1) is 17.5 Å². The maximum atomic E-state index is 13.4. The average Bonchev–Trinajstić information content (AvgIpc) is 2.38. The monoisotopic (exact) mass is 305 g/mol. The molecule has 1 nitrogen and oxygen atoms in total. The number of hydrogen-bond donors (Lipinski definition) is 1. The number of nitrogens with one attached hydrogen (secondary N) is 1.